The SMILES string of the molecule is C=C(C)[C@@H]1CC[C@]2(C)CC[C@]3(C)[C@H](CC[C@@H]4[C@@]5(C)CC[C@H](N(O)c6ccccc6)C(C)(C)[C@@H]5CC[C@]43C)[C@@H]12. The van der Waals surface area contributed by atoms with Crippen LogP contribution in [0.25, 0.3) is 0 Å². The van der Waals surface area contributed by atoms with Crippen LogP contribution in [0.3, 0.4) is 0 Å². The zero-order chi connectivity index (χ0) is 27.3. The third-order valence-corrected chi connectivity index (χ3v) is 14.8. The van der Waals surface area contributed by atoms with Crippen LogP contribution < -0.4 is 5.06 Å². The number of para-hydroxylation sites is 1. The third-order valence-electron chi connectivity index (χ3n) is 14.8. The van der Waals surface area contributed by atoms with Gasteiger partial charge in [-0.05, 0) is 140 Å². The summed E-state index contributed by atoms with van der Waals surface area (Å²) in [5, 5.41) is 13.1. The first-order chi connectivity index (χ1) is 17.8. The van der Waals surface area contributed by atoms with Crippen LogP contribution in [0, 0.1) is 56.7 Å². The first kappa shape index (κ1) is 26.9. The molecule has 5 fully saturated rings. The van der Waals surface area contributed by atoms with E-state index in [2.05, 4.69) is 67.2 Å². The molecule has 2 heteroatoms. The van der Waals surface area contributed by atoms with E-state index >= 15 is 0 Å². The van der Waals surface area contributed by atoms with Crippen LogP contribution in [-0.4, -0.2) is 11.2 Å². The van der Waals surface area contributed by atoms with Gasteiger partial charge in [-0.3, -0.25) is 10.3 Å². The first-order valence-electron chi connectivity index (χ1n) is 16.0. The maximum atomic E-state index is 11.4. The lowest BCUT2D eigenvalue weighted by Gasteiger charge is -2.73. The second-order valence-electron chi connectivity index (χ2n) is 16.4. The van der Waals surface area contributed by atoms with Crippen LogP contribution >= 0.6 is 0 Å². The Bertz CT molecular complexity index is 1080. The van der Waals surface area contributed by atoms with Crippen molar-refractivity contribution in [1.29, 1.82) is 0 Å². The van der Waals surface area contributed by atoms with Crippen LogP contribution in [0.5, 0.6) is 0 Å². The van der Waals surface area contributed by atoms with Crippen molar-refractivity contribution >= 4 is 5.69 Å². The molecule has 5 aliphatic carbocycles. The van der Waals surface area contributed by atoms with Crippen molar-refractivity contribution in [2.45, 2.75) is 119 Å². The lowest BCUT2D eigenvalue weighted by molar-refractivity contribution is -0.238. The summed E-state index contributed by atoms with van der Waals surface area (Å²) in [7, 11) is 0. The molecule has 1 aromatic rings. The summed E-state index contributed by atoms with van der Waals surface area (Å²) in [4.78, 5) is 0. The highest BCUT2D eigenvalue weighted by molar-refractivity contribution is 5.45. The van der Waals surface area contributed by atoms with Crippen LogP contribution in [0.15, 0.2) is 42.5 Å². The van der Waals surface area contributed by atoms with Gasteiger partial charge < -0.3 is 0 Å². The van der Waals surface area contributed by atoms with Crippen molar-refractivity contribution in [2.24, 2.45) is 56.7 Å². The fraction of sp³-hybridized carbons (Fsp3) is 0.778. The largest absolute Gasteiger partial charge is 0.288 e. The summed E-state index contributed by atoms with van der Waals surface area (Å²) in [6, 6.07) is 10.4. The molecule has 0 amide bonds. The molecule has 0 aromatic heterocycles. The van der Waals surface area contributed by atoms with Crippen LogP contribution in [0.1, 0.15) is 113 Å². The second kappa shape index (κ2) is 8.61. The minimum atomic E-state index is 0.0678. The lowest BCUT2D eigenvalue weighted by Crippen LogP contribution is -2.67. The number of nitrogens with zero attached hydrogens (tertiary/aromatic N) is 1. The molecule has 0 radical (unpaired) electrons. The van der Waals surface area contributed by atoms with E-state index in [0.29, 0.717) is 27.6 Å². The van der Waals surface area contributed by atoms with Gasteiger partial charge in [0.15, 0.2) is 0 Å². The van der Waals surface area contributed by atoms with Gasteiger partial charge in [0.05, 0.1) is 11.7 Å². The molecular formula is C36H55NO. The Morgan fingerprint density at radius 3 is 2.18 bits per heavy atom. The molecule has 210 valence electrons. The number of rotatable bonds is 3. The van der Waals surface area contributed by atoms with Gasteiger partial charge in [0.2, 0.25) is 0 Å². The summed E-state index contributed by atoms with van der Waals surface area (Å²) in [5.74, 6) is 3.85. The number of benzene rings is 1. The van der Waals surface area contributed by atoms with Gasteiger partial charge in [0.1, 0.15) is 0 Å². The van der Waals surface area contributed by atoms with Gasteiger partial charge in [-0.25, -0.2) is 0 Å². The van der Waals surface area contributed by atoms with Crippen LogP contribution in [-0.2, 0) is 0 Å². The monoisotopic (exact) mass is 517 g/mol. The predicted molar refractivity (Wildman–Crippen MR) is 159 cm³/mol. The second-order valence-corrected chi connectivity index (χ2v) is 16.4. The molecule has 6 rings (SSSR count). The molecule has 2 nitrogen and oxygen atoms in total. The average Bonchev–Trinajstić information content (AvgIpc) is 3.22. The van der Waals surface area contributed by atoms with Crippen molar-refractivity contribution < 1.29 is 5.21 Å². The molecule has 1 N–H and O–H groups in total. The van der Waals surface area contributed by atoms with E-state index in [0.717, 1.165) is 35.8 Å². The van der Waals surface area contributed by atoms with Gasteiger partial charge in [-0.15, -0.1) is 0 Å². The summed E-state index contributed by atoms with van der Waals surface area (Å²) < 4.78 is 0. The van der Waals surface area contributed by atoms with E-state index < -0.39 is 0 Å². The van der Waals surface area contributed by atoms with E-state index in [9.17, 15) is 5.21 Å². The van der Waals surface area contributed by atoms with Gasteiger partial charge in [-0.1, -0.05) is 71.9 Å². The Balaban J connectivity index is 1.32. The van der Waals surface area contributed by atoms with E-state index in [-0.39, 0.29) is 11.5 Å². The van der Waals surface area contributed by atoms with E-state index in [1.54, 1.807) is 5.06 Å². The molecule has 0 heterocycles. The van der Waals surface area contributed by atoms with Crippen molar-refractivity contribution in [1.82, 2.24) is 0 Å². The number of allylic oxidation sites excluding steroid dienone is 1. The van der Waals surface area contributed by atoms with E-state index in [1.165, 1.54) is 63.4 Å². The van der Waals surface area contributed by atoms with Gasteiger partial charge in [-0.2, -0.15) is 0 Å². The van der Waals surface area contributed by atoms with Crippen molar-refractivity contribution in [2.75, 3.05) is 5.06 Å². The summed E-state index contributed by atoms with van der Waals surface area (Å²) in [5.41, 5.74) is 4.18. The minimum absolute atomic E-state index is 0.0678. The topological polar surface area (TPSA) is 23.5 Å². The molecule has 1 aromatic carbocycles. The van der Waals surface area contributed by atoms with Crippen molar-refractivity contribution in [3.05, 3.63) is 42.5 Å². The predicted octanol–water partition coefficient (Wildman–Crippen LogP) is 9.93. The minimum Gasteiger partial charge on any atom is -0.288 e. The maximum absolute atomic E-state index is 11.4. The maximum Gasteiger partial charge on any atom is 0.0637 e. The Hall–Kier alpha value is -1.28. The number of hydrogen-bond donors (Lipinski definition) is 1. The molecule has 10 atom stereocenters. The van der Waals surface area contributed by atoms with Gasteiger partial charge >= 0.3 is 0 Å². The highest BCUT2D eigenvalue weighted by Crippen LogP contribution is 2.77. The van der Waals surface area contributed by atoms with Crippen molar-refractivity contribution in [3.63, 3.8) is 0 Å². The molecule has 5 aliphatic rings. The zero-order valence-corrected chi connectivity index (χ0v) is 25.5. The van der Waals surface area contributed by atoms with Crippen molar-refractivity contribution in [3.8, 4) is 0 Å². The standard InChI is InChI=1S/C36H55NO/c1-24(2)26-16-19-33(5)22-23-35(7)27(31(26)33)14-15-29-34(6)20-18-30(37(38)25-12-10-9-11-13-25)32(3,4)28(34)17-21-36(29,35)8/h9-13,26-31,38H,1,14-23H2,2-8H3/t26-,27+,28-,29+,30-,31+,33+,34-,35+,36+/m0/s1. The molecule has 0 spiro atoms. The first-order valence-corrected chi connectivity index (χ1v) is 16.0. The zero-order valence-electron chi connectivity index (χ0n) is 25.5. The highest BCUT2D eigenvalue weighted by Gasteiger charge is 2.70. The van der Waals surface area contributed by atoms with Gasteiger partial charge in [0.25, 0.3) is 0 Å². The molecule has 0 saturated heterocycles. The normalized spacial score (nSPS) is 49.3. The Morgan fingerprint density at radius 1 is 0.789 bits per heavy atom. The summed E-state index contributed by atoms with van der Waals surface area (Å²) >= 11 is 0. The third kappa shape index (κ3) is 3.40. The summed E-state index contributed by atoms with van der Waals surface area (Å²) in [6.45, 7) is 22.6. The smallest absolute Gasteiger partial charge is 0.0637 e. The van der Waals surface area contributed by atoms with Crippen LogP contribution in [0.4, 0.5) is 5.69 Å². The molecule has 0 bridgehead atoms. The highest BCUT2D eigenvalue weighted by atomic mass is 16.5. The molecule has 38 heavy (non-hydrogen) atoms. The number of hydrogen-bond acceptors (Lipinski definition) is 2. The Labute approximate surface area is 233 Å². The summed E-state index contributed by atoms with van der Waals surface area (Å²) in [6.07, 6.45) is 13.4. The van der Waals surface area contributed by atoms with Crippen LogP contribution in [0.2, 0.25) is 0 Å². The number of fused-ring (bicyclic) bond motifs is 7. The Morgan fingerprint density at radius 2 is 1.50 bits per heavy atom. The molecule has 0 unspecified atom stereocenters. The average molecular weight is 518 g/mol. The Kier molecular flexibility index (Phi) is 6.10. The fourth-order valence-corrected chi connectivity index (χ4v) is 12.7. The number of anilines is 1. The fourth-order valence-electron chi connectivity index (χ4n) is 12.7. The quantitative estimate of drug-likeness (QED) is 0.318. The molecule has 0 aliphatic heterocycles. The van der Waals surface area contributed by atoms with Gasteiger partial charge in [0, 0.05) is 0 Å². The lowest BCUT2D eigenvalue weighted by atomic mass is 9.32. The van der Waals surface area contributed by atoms with E-state index in [4.69, 9.17) is 0 Å². The molecular weight excluding hydrogens is 462 g/mol. The molecule has 5 saturated carbocycles. The van der Waals surface area contributed by atoms with E-state index in [1.807, 2.05) is 18.2 Å². The number of hydroxylamine groups is 1.